The summed E-state index contributed by atoms with van der Waals surface area (Å²) < 4.78 is 1.87. The van der Waals surface area contributed by atoms with Crippen LogP contribution < -0.4 is 0 Å². The molecule has 0 radical (unpaired) electrons. The van der Waals surface area contributed by atoms with Gasteiger partial charge in [-0.25, -0.2) is 0 Å². The molecule has 1 heterocycles. The van der Waals surface area contributed by atoms with Crippen LogP contribution in [0.2, 0.25) is 10.5 Å². The predicted molar refractivity (Wildman–Crippen MR) is 68.1 cm³/mol. The molecule has 14 heavy (non-hydrogen) atoms. The summed E-state index contributed by atoms with van der Waals surface area (Å²) in [5, 5.41) is 3.05. The van der Waals surface area contributed by atoms with Gasteiger partial charge in [0.05, 0.1) is 0 Å². The zero-order valence-corrected chi connectivity index (χ0v) is 12.1. The fourth-order valence-corrected chi connectivity index (χ4v) is 12.9. The Morgan fingerprint density at radius 3 is 2.14 bits per heavy atom. The first-order valence-corrected chi connectivity index (χ1v) is 11.4. The van der Waals surface area contributed by atoms with E-state index in [0.29, 0.717) is 0 Å². The van der Waals surface area contributed by atoms with E-state index in [1.165, 1.54) is 36.2 Å². The molecular formula is C13H24Ge. The molecular weight excluding hydrogens is 229 g/mol. The van der Waals surface area contributed by atoms with Gasteiger partial charge in [-0.15, -0.1) is 0 Å². The van der Waals surface area contributed by atoms with Crippen molar-refractivity contribution in [1.29, 1.82) is 0 Å². The molecule has 0 saturated heterocycles. The minimum absolute atomic E-state index is 1.33. The maximum absolute atomic E-state index is 2.64. The third-order valence-electron chi connectivity index (χ3n) is 3.26. The normalized spacial score (nSPS) is 18.6. The first-order valence-electron chi connectivity index (χ1n) is 6.18. The second-order valence-corrected chi connectivity index (χ2v) is 13.5. The Hall–Kier alpha value is 0.0229. The van der Waals surface area contributed by atoms with Crippen molar-refractivity contribution in [2.45, 2.75) is 57.0 Å². The monoisotopic (exact) mass is 254 g/mol. The van der Waals surface area contributed by atoms with Crippen molar-refractivity contribution < 1.29 is 0 Å². The second-order valence-electron chi connectivity index (χ2n) is 4.46. The standard InChI is InChI=1S/C13H24Ge/c1-4-8-13-9-7-12-14(13,10-5-2)11-6-3/h7,9,12H,4-6,8,10-11H2,1-3H3. The van der Waals surface area contributed by atoms with E-state index >= 15 is 0 Å². The molecule has 0 N–H and O–H groups in total. The van der Waals surface area contributed by atoms with Crippen molar-refractivity contribution >= 4 is 13.3 Å². The summed E-state index contributed by atoms with van der Waals surface area (Å²) in [4.78, 5) is 2.64. The molecule has 0 aromatic heterocycles. The van der Waals surface area contributed by atoms with Crippen molar-refractivity contribution in [3.05, 3.63) is 21.5 Å². The molecule has 1 aliphatic heterocycles. The van der Waals surface area contributed by atoms with E-state index in [4.69, 9.17) is 0 Å². The Bertz CT molecular complexity index is 219. The molecule has 0 aromatic rings. The molecule has 0 unspecified atom stereocenters. The SMILES string of the molecule is CCC[C]1=CC=[CH][Ge]1([CH2]CC)[CH2]CC. The van der Waals surface area contributed by atoms with Gasteiger partial charge in [-0.05, 0) is 0 Å². The molecule has 0 atom stereocenters. The molecule has 0 aliphatic carbocycles. The van der Waals surface area contributed by atoms with E-state index in [-0.39, 0.29) is 0 Å². The van der Waals surface area contributed by atoms with Gasteiger partial charge >= 0.3 is 91.7 Å². The quantitative estimate of drug-likeness (QED) is 0.605. The Morgan fingerprint density at radius 1 is 1.00 bits per heavy atom. The summed E-state index contributed by atoms with van der Waals surface area (Å²) >= 11 is -1.64. The van der Waals surface area contributed by atoms with Crippen LogP contribution >= 0.6 is 0 Å². The van der Waals surface area contributed by atoms with Crippen LogP contribution in [-0.4, -0.2) is 13.3 Å². The molecule has 0 aromatic carbocycles. The Morgan fingerprint density at radius 2 is 1.64 bits per heavy atom. The summed E-state index contributed by atoms with van der Waals surface area (Å²) in [6, 6.07) is 0. The van der Waals surface area contributed by atoms with E-state index in [2.05, 4.69) is 37.8 Å². The Labute approximate surface area is 91.8 Å². The molecule has 0 fully saturated rings. The van der Waals surface area contributed by atoms with Gasteiger partial charge in [-0.2, -0.15) is 0 Å². The fraction of sp³-hybridized carbons (Fsp3) is 0.692. The molecule has 0 nitrogen and oxygen atoms in total. The molecule has 0 saturated carbocycles. The van der Waals surface area contributed by atoms with Crippen molar-refractivity contribution in [1.82, 2.24) is 0 Å². The number of hydrogen-bond donors (Lipinski definition) is 0. The van der Waals surface area contributed by atoms with Crippen LogP contribution in [0, 0.1) is 0 Å². The van der Waals surface area contributed by atoms with Crippen LogP contribution in [0.5, 0.6) is 0 Å². The summed E-state index contributed by atoms with van der Waals surface area (Å²) in [5.74, 6) is 0. The summed E-state index contributed by atoms with van der Waals surface area (Å²) in [6.07, 6.45) is 10.3. The van der Waals surface area contributed by atoms with Gasteiger partial charge in [-0.3, -0.25) is 0 Å². The summed E-state index contributed by atoms with van der Waals surface area (Å²) in [6.45, 7) is 7.00. The van der Waals surface area contributed by atoms with E-state index in [1.54, 1.807) is 0 Å². The van der Waals surface area contributed by atoms with Crippen LogP contribution in [0.25, 0.3) is 0 Å². The van der Waals surface area contributed by atoms with E-state index in [0.717, 1.165) is 0 Å². The first kappa shape index (κ1) is 12.1. The number of allylic oxidation sites excluding steroid dienone is 3. The molecule has 1 rings (SSSR count). The van der Waals surface area contributed by atoms with Crippen LogP contribution in [0.15, 0.2) is 21.5 Å². The average molecular weight is 253 g/mol. The van der Waals surface area contributed by atoms with E-state index in [9.17, 15) is 0 Å². The van der Waals surface area contributed by atoms with Gasteiger partial charge in [0.15, 0.2) is 0 Å². The van der Waals surface area contributed by atoms with E-state index in [1.807, 2.05) is 4.41 Å². The van der Waals surface area contributed by atoms with Crippen molar-refractivity contribution in [2.75, 3.05) is 0 Å². The van der Waals surface area contributed by atoms with Crippen molar-refractivity contribution in [2.24, 2.45) is 0 Å². The van der Waals surface area contributed by atoms with Gasteiger partial charge in [0.25, 0.3) is 0 Å². The summed E-state index contributed by atoms with van der Waals surface area (Å²) in [7, 11) is 0. The van der Waals surface area contributed by atoms with Gasteiger partial charge in [0.1, 0.15) is 0 Å². The van der Waals surface area contributed by atoms with Crippen LogP contribution in [0.4, 0.5) is 0 Å². The summed E-state index contributed by atoms with van der Waals surface area (Å²) in [5.41, 5.74) is 0. The molecule has 80 valence electrons. The topological polar surface area (TPSA) is 0 Å². The zero-order chi connectivity index (χ0) is 10.4. The third-order valence-corrected chi connectivity index (χ3v) is 14.4. The second kappa shape index (κ2) is 5.80. The Kier molecular flexibility index (Phi) is 5.01. The fourth-order valence-electron chi connectivity index (χ4n) is 2.73. The van der Waals surface area contributed by atoms with Crippen molar-refractivity contribution in [3.8, 4) is 0 Å². The number of rotatable bonds is 6. The molecule has 1 aliphatic rings. The molecule has 0 amide bonds. The zero-order valence-electron chi connectivity index (χ0n) is 9.97. The van der Waals surface area contributed by atoms with E-state index < -0.39 is 13.3 Å². The predicted octanol–water partition coefficient (Wildman–Crippen LogP) is 4.63. The first-order chi connectivity index (χ1) is 6.79. The molecule has 0 bridgehead atoms. The van der Waals surface area contributed by atoms with Gasteiger partial charge in [0, 0.05) is 0 Å². The van der Waals surface area contributed by atoms with Gasteiger partial charge in [0.2, 0.25) is 0 Å². The maximum atomic E-state index is 2.64. The van der Waals surface area contributed by atoms with Crippen LogP contribution in [-0.2, 0) is 0 Å². The molecule has 1 heteroatoms. The third kappa shape index (κ3) is 2.53. The van der Waals surface area contributed by atoms with Crippen LogP contribution in [0.3, 0.4) is 0 Å². The van der Waals surface area contributed by atoms with Crippen molar-refractivity contribution in [3.63, 3.8) is 0 Å². The molecule has 0 spiro atoms. The average Bonchev–Trinajstić information content (AvgIpc) is 2.51. The van der Waals surface area contributed by atoms with Crippen LogP contribution in [0.1, 0.15) is 46.5 Å². The minimum atomic E-state index is -1.64. The van der Waals surface area contributed by atoms with Gasteiger partial charge in [-0.1, -0.05) is 0 Å². The van der Waals surface area contributed by atoms with Gasteiger partial charge < -0.3 is 0 Å². The Balaban J connectivity index is 2.74. The number of hydrogen-bond acceptors (Lipinski definition) is 0.